The highest BCUT2D eigenvalue weighted by atomic mass is 35.5. The molecule has 3 aliphatic carbocycles. The van der Waals surface area contributed by atoms with Gasteiger partial charge in [0.15, 0.2) is 0 Å². The number of hydrogen-bond acceptors (Lipinski definition) is 2. The molecule has 3 aliphatic rings. The van der Waals surface area contributed by atoms with Gasteiger partial charge in [-0.25, -0.2) is 0 Å². The van der Waals surface area contributed by atoms with Crippen LogP contribution in [0.5, 0.6) is 0 Å². The van der Waals surface area contributed by atoms with Crippen LogP contribution in [-0.4, -0.2) is 29.9 Å². The van der Waals surface area contributed by atoms with Gasteiger partial charge in [0.25, 0.3) is 0 Å². The zero-order valence-electron chi connectivity index (χ0n) is 10.5. The topological polar surface area (TPSA) is 46.3 Å². The van der Waals surface area contributed by atoms with Crippen LogP contribution < -0.4 is 5.73 Å². The first-order valence-electron chi connectivity index (χ1n) is 6.70. The second-order valence-corrected chi connectivity index (χ2v) is 5.97. The molecule has 4 unspecified atom stereocenters. The van der Waals surface area contributed by atoms with Crippen LogP contribution >= 0.6 is 12.4 Å². The van der Waals surface area contributed by atoms with Gasteiger partial charge in [0.2, 0.25) is 5.91 Å². The zero-order chi connectivity index (χ0) is 11.3. The van der Waals surface area contributed by atoms with Crippen molar-refractivity contribution in [2.75, 3.05) is 7.05 Å². The number of hydrogen-bond donors (Lipinski definition) is 1. The summed E-state index contributed by atoms with van der Waals surface area (Å²) < 4.78 is 0. The largest absolute Gasteiger partial charge is 0.342 e. The highest BCUT2D eigenvalue weighted by Gasteiger charge is 2.50. The quantitative estimate of drug-likeness (QED) is 0.821. The summed E-state index contributed by atoms with van der Waals surface area (Å²) in [5.74, 6) is 1.71. The molecule has 98 valence electrons. The molecule has 2 N–H and O–H groups in total. The Hall–Kier alpha value is -0.280. The number of fused-ring (bicyclic) bond motifs is 2. The number of carbonyl (C=O) groups excluding carboxylic acids is 1. The van der Waals surface area contributed by atoms with Gasteiger partial charge >= 0.3 is 0 Å². The van der Waals surface area contributed by atoms with E-state index >= 15 is 0 Å². The number of nitrogens with two attached hydrogens (primary N) is 1. The summed E-state index contributed by atoms with van der Waals surface area (Å²) >= 11 is 0. The molecule has 0 aromatic heterocycles. The van der Waals surface area contributed by atoms with Crippen molar-refractivity contribution >= 4 is 18.3 Å². The monoisotopic (exact) mass is 258 g/mol. The second-order valence-electron chi connectivity index (χ2n) is 5.97. The summed E-state index contributed by atoms with van der Waals surface area (Å²) in [7, 11) is 1.98. The van der Waals surface area contributed by atoms with Crippen LogP contribution in [0.3, 0.4) is 0 Å². The second kappa shape index (κ2) is 4.77. The maximum Gasteiger partial charge on any atom is 0.227 e. The third-order valence-electron chi connectivity index (χ3n) is 5.24. The molecule has 0 saturated heterocycles. The number of rotatable bonds is 2. The Morgan fingerprint density at radius 3 is 2.29 bits per heavy atom. The predicted octanol–water partition coefficient (Wildman–Crippen LogP) is 1.79. The molecular weight excluding hydrogens is 236 g/mol. The lowest BCUT2D eigenvalue weighted by Crippen LogP contribution is -2.50. The van der Waals surface area contributed by atoms with Gasteiger partial charge in [0.1, 0.15) is 0 Å². The number of carbonyl (C=O) groups is 1. The van der Waals surface area contributed by atoms with E-state index in [1.165, 1.54) is 38.5 Å². The van der Waals surface area contributed by atoms with Gasteiger partial charge in [-0.3, -0.25) is 4.79 Å². The smallest absolute Gasteiger partial charge is 0.227 e. The van der Waals surface area contributed by atoms with Crippen LogP contribution in [0.25, 0.3) is 0 Å². The number of halogens is 1. The van der Waals surface area contributed by atoms with Gasteiger partial charge in [0.05, 0.1) is 5.92 Å². The molecule has 3 fully saturated rings. The first-order chi connectivity index (χ1) is 7.68. The van der Waals surface area contributed by atoms with Crippen LogP contribution in [0.4, 0.5) is 0 Å². The maximum absolute atomic E-state index is 12.4. The van der Waals surface area contributed by atoms with Crippen LogP contribution in [0.1, 0.15) is 38.5 Å². The van der Waals surface area contributed by atoms with Gasteiger partial charge in [-0.05, 0) is 50.4 Å². The van der Waals surface area contributed by atoms with E-state index in [2.05, 4.69) is 0 Å². The Morgan fingerprint density at radius 1 is 1.18 bits per heavy atom. The Balaban J connectivity index is 0.00000108. The van der Waals surface area contributed by atoms with Crippen LogP contribution in [0, 0.1) is 17.8 Å². The fraction of sp³-hybridized carbons (Fsp3) is 0.923. The van der Waals surface area contributed by atoms with Crippen LogP contribution in [-0.2, 0) is 4.79 Å². The van der Waals surface area contributed by atoms with Crippen molar-refractivity contribution < 1.29 is 4.79 Å². The number of nitrogens with zero attached hydrogens (tertiary/aromatic N) is 1. The Labute approximate surface area is 110 Å². The van der Waals surface area contributed by atoms with Gasteiger partial charge in [-0.2, -0.15) is 0 Å². The van der Waals surface area contributed by atoms with Crippen molar-refractivity contribution in [3.63, 3.8) is 0 Å². The summed E-state index contributed by atoms with van der Waals surface area (Å²) in [6.45, 7) is 0. The fourth-order valence-corrected chi connectivity index (χ4v) is 3.89. The van der Waals surface area contributed by atoms with Crippen molar-refractivity contribution in [3.8, 4) is 0 Å². The molecule has 3 rings (SSSR count). The lowest BCUT2D eigenvalue weighted by Gasteiger charge is -2.39. The molecule has 0 heterocycles. The lowest BCUT2D eigenvalue weighted by atomic mass is 9.82. The van der Waals surface area contributed by atoms with Gasteiger partial charge in [0, 0.05) is 19.1 Å². The minimum atomic E-state index is 0. The Kier molecular flexibility index (Phi) is 3.69. The molecule has 0 aromatic rings. The lowest BCUT2D eigenvalue weighted by molar-refractivity contribution is -0.140. The third-order valence-corrected chi connectivity index (χ3v) is 5.24. The standard InChI is InChI=1S/C13H22N2O.ClH/c1-15(10-3-2-4-10)13(16)11-8-5-6-9(7-8)12(11)14;/h8-12H,2-7,14H2,1H3;1H. The van der Waals surface area contributed by atoms with E-state index in [1.807, 2.05) is 11.9 Å². The first kappa shape index (κ1) is 13.2. The molecule has 0 aromatic carbocycles. The van der Waals surface area contributed by atoms with Gasteiger partial charge in [-0.15, -0.1) is 12.4 Å². The van der Waals surface area contributed by atoms with E-state index in [1.54, 1.807) is 0 Å². The normalized spacial score (nSPS) is 39.6. The summed E-state index contributed by atoms with van der Waals surface area (Å²) in [6, 6.07) is 0.660. The molecule has 3 saturated carbocycles. The predicted molar refractivity (Wildman–Crippen MR) is 70.0 cm³/mol. The third kappa shape index (κ3) is 1.97. The Bertz CT molecular complexity index is 304. The highest BCUT2D eigenvalue weighted by Crippen LogP contribution is 2.48. The van der Waals surface area contributed by atoms with E-state index in [4.69, 9.17) is 5.73 Å². The number of amides is 1. The maximum atomic E-state index is 12.4. The SMILES string of the molecule is CN(C(=O)C1C2CCC(C2)C1N)C1CCC1.Cl. The van der Waals surface area contributed by atoms with Gasteiger partial charge in [-0.1, -0.05) is 0 Å². The van der Waals surface area contributed by atoms with Crippen molar-refractivity contribution in [2.45, 2.75) is 50.6 Å². The average molecular weight is 259 g/mol. The molecule has 3 nitrogen and oxygen atoms in total. The van der Waals surface area contributed by atoms with E-state index in [0.717, 1.165) is 0 Å². The molecule has 0 spiro atoms. The molecule has 0 aliphatic heterocycles. The summed E-state index contributed by atoms with van der Waals surface area (Å²) in [5.41, 5.74) is 6.21. The molecular formula is C13H23ClN2O. The van der Waals surface area contributed by atoms with Crippen LogP contribution in [0.2, 0.25) is 0 Å². The minimum Gasteiger partial charge on any atom is -0.342 e. The molecule has 0 radical (unpaired) electrons. The van der Waals surface area contributed by atoms with Gasteiger partial charge < -0.3 is 10.6 Å². The van der Waals surface area contributed by atoms with Crippen LogP contribution in [0.15, 0.2) is 0 Å². The molecule has 4 atom stereocenters. The van der Waals surface area contributed by atoms with E-state index < -0.39 is 0 Å². The Morgan fingerprint density at radius 2 is 1.82 bits per heavy atom. The van der Waals surface area contributed by atoms with Crippen molar-refractivity contribution in [3.05, 3.63) is 0 Å². The van der Waals surface area contributed by atoms with E-state index in [-0.39, 0.29) is 24.4 Å². The first-order valence-corrected chi connectivity index (χ1v) is 6.70. The zero-order valence-corrected chi connectivity index (χ0v) is 11.3. The fourth-order valence-electron chi connectivity index (χ4n) is 3.89. The summed E-state index contributed by atoms with van der Waals surface area (Å²) in [6.07, 6.45) is 7.35. The highest BCUT2D eigenvalue weighted by molar-refractivity contribution is 5.85. The van der Waals surface area contributed by atoms with Crippen molar-refractivity contribution in [2.24, 2.45) is 23.5 Å². The van der Waals surface area contributed by atoms with Crippen molar-refractivity contribution in [1.29, 1.82) is 0 Å². The summed E-state index contributed by atoms with van der Waals surface area (Å²) in [5, 5.41) is 0. The van der Waals surface area contributed by atoms with E-state index in [0.29, 0.717) is 23.8 Å². The van der Waals surface area contributed by atoms with Crippen molar-refractivity contribution in [1.82, 2.24) is 4.90 Å². The molecule has 2 bridgehead atoms. The van der Waals surface area contributed by atoms with E-state index in [9.17, 15) is 4.79 Å². The minimum absolute atomic E-state index is 0. The molecule has 17 heavy (non-hydrogen) atoms. The average Bonchev–Trinajstić information content (AvgIpc) is 2.74. The summed E-state index contributed by atoms with van der Waals surface area (Å²) in [4.78, 5) is 14.4. The molecule has 4 heteroatoms. The molecule has 1 amide bonds.